The van der Waals surface area contributed by atoms with Crippen LogP contribution in [-0.4, -0.2) is 61.0 Å². The van der Waals surface area contributed by atoms with E-state index in [0.717, 1.165) is 66.6 Å². The molecule has 180 valence electrons. The molecule has 0 unspecified atom stereocenters. The van der Waals surface area contributed by atoms with Crippen molar-refractivity contribution in [3.63, 3.8) is 0 Å². The van der Waals surface area contributed by atoms with Gasteiger partial charge in [-0.2, -0.15) is 0 Å². The predicted molar refractivity (Wildman–Crippen MR) is 136 cm³/mol. The van der Waals surface area contributed by atoms with Crippen LogP contribution in [0.25, 0.3) is 10.9 Å². The number of nitrogens with one attached hydrogen (secondary N) is 2. The maximum absolute atomic E-state index is 12.4. The highest BCUT2D eigenvalue weighted by atomic mass is 16.2. The van der Waals surface area contributed by atoms with Crippen molar-refractivity contribution in [2.24, 2.45) is 5.92 Å². The molecule has 7 nitrogen and oxygen atoms in total. The van der Waals surface area contributed by atoms with Gasteiger partial charge in [-0.05, 0) is 68.6 Å². The molecule has 0 spiro atoms. The highest BCUT2D eigenvalue weighted by molar-refractivity contribution is 5.96. The summed E-state index contributed by atoms with van der Waals surface area (Å²) in [6.07, 6.45) is 2.77. The minimum Gasteiger partial charge on any atom is -0.357 e. The molecule has 1 saturated heterocycles. The van der Waals surface area contributed by atoms with E-state index in [1.54, 1.807) is 0 Å². The molecule has 0 radical (unpaired) electrons. The highest BCUT2D eigenvalue weighted by Gasteiger charge is 2.18. The number of aromatic nitrogens is 1. The van der Waals surface area contributed by atoms with E-state index in [-0.39, 0.29) is 24.7 Å². The number of rotatable bonds is 10. The van der Waals surface area contributed by atoms with E-state index in [1.807, 2.05) is 18.2 Å². The van der Waals surface area contributed by atoms with Gasteiger partial charge >= 0.3 is 0 Å². The van der Waals surface area contributed by atoms with Crippen LogP contribution in [0.1, 0.15) is 52.0 Å². The highest BCUT2D eigenvalue weighted by Crippen LogP contribution is 2.28. The first-order valence-corrected chi connectivity index (χ1v) is 12.3. The monoisotopic (exact) mass is 453 g/mol. The van der Waals surface area contributed by atoms with Gasteiger partial charge in [0.15, 0.2) is 0 Å². The molecular formula is C26H39N5O2. The van der Waals surface area contributed by atoms with Crippen molar-refractivity contribution in [3.05, 3.63) is 29.8 Å². The molecule has 0 saturated carbocycles. The van der Waals surface area contributed by atoms with Crippen molar-refractivity contribution in [3.8, 4) is 0 Å². The predicted octanol–water partition coefficient (Wildman–Crippen LogP) is 3.96. The van der Waals surface area contributed by atoms with Crippen molar-refractivity contribution < 1.29 is 9.59 Å². The summed E-state index contributed by atoms with van der Waals surface area (Å²) in [6.45, 7) is 14.1. The number of carbonyl (C=O) groups excluding carboxylic acids is 2. The summed E-state index contributed by atoms with van der Waals surface area (Å²) in [7, 11) is 0. The molecule has 0 aliphatic carbocycles. The molecule has 1 aromatic carbocycles. The molecular weight excluding hydrogens is 414 g/mol. The maximum atomic E-state index is 12.4. The number of fused-ring (bicyclic) bond motifs is 1. The minimum atomic E-state index is -0.155. The Morgan fingerprint density at radius 1 is 1.09 bits per heavy atom. The summed E-state index contributed by atoms with van der Waals surface area (Å²) < 4.78 is 0. The third-order valence-electron chi connectivity index (χ3n) is 6.62. The molecule has 3 rings (SSSR count). The number of pyridine rings is 1. The second-order valence-electron chi connectivity index (χ2n) is 9.12. The number of aryl methyl sites for hydroxylation is 1. The van der Waals surface area contributed by atoms with Crippen molar-refractivity contribution in [1.29, 1.82) is 0 Å². The lowest BCUT2D eigenvalue weighted by Gasteiger charge is -2.31. The molecule has 1 aliphatic heterocycles. The average molecular weight is 454 g/mol. The largest absolute Gasteiger partial charge is 0.357 e. The lowest BCUT2D eigenvalue weighted by atomic mass is 9.99. The Balaban J connectivity index is 1.53. The zero-order valence-electron chi connectivity index (χ0n) is 20.6. The van der Waals surface area contributed by atoms with Crippen molar-refractivity contribution in [1.82, 2.24) is 15.2 Å². The van der Waals surface area contributed by atoms with E-state index in [0.29, 0.717) is 6.54 Å². The number of amides is 2. The Bertz CT molecular complexity index is 949. The van der Waals surface area contributed by atoms with Crippen LogP contribution in [0.4, 0.5) is 11.5 Å². The number of benzene rings is 1. The second-order valence-corrected chi connectivity index (χ2v) is 9.12. The normalized spacial score (nSPS) is 14.6. The number of nitrogens with zero attached hydrogens (tertiary/aromatic N) is 3. The Morgan fingerprint density at radius 3 is 2.48 bits per heavy atom. The lowest BCUT2D eigenvalue weighted by Crippen LogP contribution is -2.35. The molecule has 7 heteroatoms. The molecule has 2 heterocycles. The fourth-order valence-electron chi connectivity index (χ4n) is 4.29. The summed E-state index contributed by atoms with van der Waals surface area (Å²) in [5, 5.41) is 6.86. The van der Waals surface area contributed by atoms with Crippen LogP contribution in [0.5, 0.6) is 0 Å². The first kappa shape index (κ1) is 25.0. The van der Waals surface area contributed by atoms with Gasteiger partial charge in [-0.15, -0.1) is 0 Å². The standard InChI is InChI=1S/C26H39N5O2/c1-5-30(6-2)16-13-27-25(32)9-10-26(33)28-21-7-8-23-22(18-21)20(4)17-24(29-23)31-14-11-19(3)12-15-31/h7-8,17-19H,5-6,9-16H2,1-4H3,(H,27,32)(H,28,33). The molecule has 1 aromatic heterocycles. The Labute approximate surface area is 197 Å². The lowest BCUT2D eigenvalue weighted by molar-refractivity contribution is -0.124. The quantitative estimate of drug-likeness (QED) is 0.569. The van der Waals surface area contributed by atoms with Gasteiger partial charge in [-0.3, -0.25) is 9.59 Å². The van der Waals surface area contributed by atoms with Crippen molar-refractivity contribution in [2.45, 2.75) is 53.4 Å². The smallest absolute Gasteiger partial charge is 0.224 e. The number of hydrogen-bond acceptors (Lipinski definition) is 5. The maximum Gasteiger partial charge on any atom is 0.224 e. The van der Waals surface area contributed by atoms with Crippen molar-refractivity contribution >= 4 is 34.2 Å². The molecule has 0 bridgehead atoms. The molecule has 0 atom stereocenters. The topological polar surface area (TPSA) is 77.6 Å². The molecule has 2 aromatic rings. The summed E-state index contributed by atoms with van der Waals surface area (Å²) in [5.41, 5.74) is 2.82. The zero-order valence-corrected chi connectivity index (χ0v) is 20.6. The van der Waals surface area contributed by atoms with E-state index in [4.69, 9.17) is 4.98 Å². The van der Waals surface area contributed by atoms with Gasteiger partial charge in [0.05, 0.1) is 5.52 Å². The van der Waals surface area contributed by atoms with Gasteiger partial charge in [0.25, 0.3) is 0 Å². The fourth-order valence-corrected chi connectivity index (χ4v) is 4.29. The SMILES string of the molecule is CCN(CC)CCNC(=O)CCC(=O)Nc1ccc2nc(N3CCC(C)CC3)cc(C)c2c1. The van der Waals surface area contributed by atoms with E-state index in [2.05, 4.69) is 54.2 Å². The number of piperidine rings is 1. The Hall–Kier alpha value is -2.67. The Kier molecular flexibility index (Phi) is 9.06. The summed E-state index contributed by atoms with van der Waals surface area (Å²) >= 11 is 0. The third-order valence-corrected chi connectivity index (χ3v) is 6.62. The van der Waals surface area contributed by atoms with Gasteiger partial charge in [-0.1, -0.05) is 20.8 Å². The van der Waals surface area contributed by atoms with Crippen molar-refractivity contribution in [2.75, 3.05) is 49.5 Å². The van der Waals surface area contributed by atoms with Gasteiger partial charge in [0.1, 0.15) is 5.82 Å². The summed E-state index contributed by atoms with van der Waals surface area (Å²) in [6, 6.07) is 7.97. The van der Waals surface area contributed by atoms with Crippen LogP contribution in [0.2, 0.25) is 0 Å². The first-order valence-electron chi connectivity index (χ1n) is 12.3. The van der Waals surface area contributed by atoms with E-state index < -0.39 is 0 Å². The number of carbonyl (C=O) groups is 2. The summed E-state index contributed by atoms with van der Waals surface area (Å²) in [5.74, 6) is 1.58. The number of likely N-dealkylation sites (N-methyl/N-ethyl adjacent to an activating group) is 1. The first-order chi connectivity index (χ1) is 15.9. The minimum absolute atomic E-state index is 0.0875. The van der Waals surface area contributed by atoms with Gasteiger partial charge in [0, 0.05) is 50.1 Å². The van der Waals surface area contributed by atoms with E-state index in [1.165, 1.54) is 12.8 Å². The van der Waals surface area contributed by atoms with Gasteiger partial charge < -0.3 is 20.4 Å². The average Bonchev–Trinajstić information content (AvgIpc) is 2.81. The molecule has 2 amide bonds. The van der Waals surface area contributed by atoms with E-state index >= 15 is 0 Å². The Morgan fingerprint density at radius 2 is 1.79 bits per heavy atom. The van der Waals surface area contributed by atoms with Crippen LogP contribution in [0.15, 0.2) is 24.3 Å². The van der Waals surface area contributed by atoms with Crippen LogP contribution in [0.3, 0.4) is 0 Å². The van der Waals surface area contributed by atoms with Gasteiger partial charge in [0.2, 0.25) is 11.8 Å². The zero-order chi connectivity index (χ0) is 23.8. The molecule has 2 N–H and O–H groups in total. The third kappa shape index (κ3) is 7.16. The number of anilines is 2. The number of hydrogen-bond donors (Lipinski definition) is 2. The van der Waals surface area contributed by atoms with Crippen LogP contribution >= 0.6 is 0 Å². The molecule has 33 heavy (non-hydrogen) atoms. The summed E-state index contributed by atoms with van der Waals surface area (Å²) in [4.78, 5) is 33.9. The van der Waals surface area contributed by atoms with Crippen LogP contribution < -0.4 is 15.5 Å². The fraction of sp³-hybridized carbons (Fsp3) is 0.577. The van der Waals surface area contributed by atoms with Crippen LogP contribution in [-0.2, 0) is 9.59 Å². The molecule has 1 aliphatic rings. The molecule has 1 fully saturated rings. The van der Waals surface area contributed by atoms with E-state index in [9.17, 15) is 9.59 Å². The second kappa shape index (κ2) is 12.0. The van der Waals surface area contributed by atoms with Crippen LogP contribution in [0, 0.1) is 12.8 Å². The van der Waals surface area contributed by atoms with Gasteiger partial charge in [-0.25, -0.2) is 4.98 Å².